The Labute approximate surface area is 136 Å². The van der Waals surface area contributed by atoms with Crippen LogP contribution in [0.25, 0.3) is 10.8 Å². The minimum Gasteiger partial charge on any atom is -0.506 e. The van der Waals surface area contributed by atoms with Crippen LogP contribution in [0.4, 0.5) is 0 Å². The molecule has 1 aliphatic carbocycles. The molecule has 3 aromatic rings. The Morgan fingerprint density at radius 1 is 0.750 bits per heavy atom. The van der Waals surface area contributed by atoms with Gasteiger partial charge in [0.1, 0.15) is 17.2 Å². The Hall–Kier alpha value is -3.34. The standard InChI is InChI=1S/C19H12O5/c1-24-12-8-4-7-11-13(12)19(23)15-14(18(11)22)16(20)9-5-2-3-6-10(9)17(15)21/h2-8,20-21H,1H3. The van der Waals surface area contributed by atoms with Crippen LogP contribution in [0.1, 0.15) is 31.8 Å². The second-order valence-corrected chi connectivity index (χ2v) is 5.53. The summed E-state index contributed by atoms with van der Waals surface area (Å²) in [5.41, 5.74) is -0.107. The summed E-state index contributed by atoms with van der Waals surface area (Å²) in [7, 11) is 1.40. The second-order valence-electron chi connectivity index (χ2n) is 5.53. The Morgan fingerprint density at radius 3 is 1.92 bits per heavy atom. The van der Waals surface area contributed by atoms with E-state index in [2.05, 4.69) is 0 Å². The van der Waals surface area contributed by atoms with Gasteiger partial charge in [0.15, 0.2) is 5.78 Å². The fourth-order valence-electron chi connectivity index (χ4n) is 3.23. The van der Waals surface area contributed by atoms with Crippen molar-refractivity contribution in [3.05, 3.63) is 64.7 Å². The number of ketones is 2. The van der Waals surface area contributed by atoms with Crippen molar-refractivity contribution in [1.82, 2.24) is 0 Å². The SMILES string of the molecule is COc1cccc2c1C(=O)c1c(c(O)c3ccccc3c1O)C2=O. The topological polar surface area (TPSA) is 83.8 Å². The van der Waals surface area contributed by atoms with E-state index in [-0.39, 0.29) is 39.5 Å². The molecule has 24 heavy (non-hydrogen) atoms. The van der Waals surface area contributed by atoms with Gasteiger partial charge in [-0.2, -0.15) is 0 Å². The molecule has 0 heterocycles. The number of rotatable bonds is 1. The zero-order valence-electron chi connectivity index (χ0n) is 12.7. The van der Waals surface area contributed by atoms with Crippen molar-refractivity contribution in [2.24, 2.45) is 0 Å². The maximum absolute atomic E-state index is 12.9. The van der Waals surface area contributed by atoms with Crippen molar-refractivity contribution < 1.29 is 24.5 Å². The summed E-state index contributed by atoms with van der Waals surface area (Å²) < 4.78 is 5.19. The summed E-state index contributed by atoms with van der Waals surface area (Å²) in [5.74, 6) is -1.42. The van der Waals surface area contributed by atoms with E-state index < -0.39 is 11.6 Å². The summed E-state index contributed by atoms with van der Waals surface area (Å²) in [5, 5.41) is 21.8. The van der Waals surface area contributed by atoms with Crippen molar-refractivity contribution in [2.75, 3.05) is 7.11 Å². The number of hydrogen-bond donors (Lipinski definition) is 2. The summed E-state index contributed by atoms with van der Waals surface area (Å²) in [4.78, 5) is 25.8. The molecule has 1 aliphatic rings. The van der Waals surface area contributed by atoms with Gasteiger partial charge in [-0.1, -0.05) is 36.4 Å². The Morgan fingerprint density at radius 2 is 1.33 bits per heavy atom. The largest absolute Gasteiger partial charge is 0.506 e. The van der Waals surface area contributed by atoms with E-state index in [1.54, 1.807) is 36.4 Å². The van der Waals surface area contributed by atoms with Crippen LogP contribution < -0.4 is 4.74 Å². The van der Waals surface area contributed by atoms with Crippen molar-refractivity contribution in [1.29, 1.82) is 0 Å². The van der Waals surface area contributed by atoms with Crippen LogP contribution in [0.5, 0.6) is 17.2 Å². The van der Waals surface area contributed by atoms with E-state index in [0.717, 1.165) is 0 Å². The monoisotopic (exact) mass is 320 g/mol. The van der Waals surface area contributed by atoms with Crippen molar-refractivity contribution in [3.63, 3.8) is 0 Å². The number of methoxy groups -OCH3 is 1. The van der Waals surface area contributed by atoms with Gasteiger partial charge in [0, 0.05) is 16.3 Å². The molecule has 5 nitrogen and oxygen atoms in total. The van der Waals surface area contributed by atoms with Crippen molar-refractivity contribution in [3.8, 4) is 17.2 Å². The van der Waals surface area contributed by atoms with Crippen LogP contribution in [-0.2, 0) is 0 Å². The maximum Gasteiger partial charge on any atom is 0.202 e. The van der Waals surface area contributed by atoms with Gasteiger partial charge in [0.2, 0.25) is 5.78 Å². The van der Waals surface area contributed by atoms with Gasteiger partial charge < -0.3 is 14.9 Å². The zero-order valence-corrected chi connectivity index (χ0v) is 12.7. The van der Waals surface area contributed by atoms with Gasteiger partial charge in [-0.3, -0.25) is 9.59 Å². The maximum atomic E-state index is 12.9. The van der Waals surface area contributed by atoms with Gasteiger partial charge in [0.25, 0.3) is 0 Å². The lowest BCUT2D eigenvalue weighted by Gasteiger charge is -2.22. The van der Waals surface area contributed by atoms with Crippen molar-refractivity contribution >= 4 is 22.3 Å². The normalized spacial score (nSPS) is 12.9. The highest BCUT2D eigenvalue weighted by Gasteiger charge is 2.37. The van der Waals surface area contributed by atoms with Crippen LogP contribution >= 0.6 is 0 Å². The highest BCUT2D eigenvalue weighted by Crippen LogP contribution is 2.45. The molecule has 2 N–H and O–H groups in total. The molecule has 3 aromatic carbocycles. The number of phenolic OH excluding ortho intramolecular Hbond substituents is 2. The molecule has 0 saturated carbocycles. The Balaban J connectivity index is 2.17. The Bertz CT molecular complexity index is 1050. The van der Waals surface area contributed by atoms with E-state index in [1.165, 1.54) is 13.2 Å². The first kappa shape index (κ1) is 14.3. The molecule has 0 fully saturated rings. The number of hydrogen-bond acceptors (Lipinski definition) is 5. The van der Waals surface area contributed by atoms with Gasteiger partial charge in [0.05, 0.1) is 23.8 Å². The average Bonchev–Trinajstić information content (AvgIpc) is 2.62. The number of fused-ring (bicyclic) bond motifs is 3. The third kappa shape index (κ3) is 1.64. The first-order valence-corrected chi connectivity index (χ1v) is 7.29. The van der Waals surface area contributed by atoms with Crippen LogP contribution in [0.2, 0.25) is 0 Å². The summed E-state index contributed by atoms with van der Waals surface area (Å²) in [6.07, 6.45) is 0. The molecule has 0 aromatic heterocycles. The lowest BCUT2D eigenvalue weighted by Crippen LogP contribution is -2.22. The molecule has 0 spiro atoms. The Kier molecular flexibility index (Phi) is 2.87. The van der Waals surface area contributed by atoms with E-state index in [1.807, 2.05) is 0 Å². The van der Waals surface area contributed by atoms with E-state index in [4.69, 9.17) is 4.74 Å². The van der Waals surface area contributed by atoms with Crippen LogP contribution in [0.15, 0.2) is 42.5 Å². The highest BCUT2D eigenvalue weighted by atomic mass is 16.5. The molecule has 0 radical (unpaired) electrons. The molecule has 0 bridgehead atoms. The predicted molar refractivity (Wildman–Crippen MR) is 87.1 cm³/mol. The lowest BCUT2D eigenvalue weighted by atomic mass is 9.81. The minimum atomic E-state index is -0.546. The first-order chi connectivity index (χ1) is 11.6. The van der Waals surface area contributed by atoms with Gasteiger partial charge >= 0.3 is 0 Å². The van der Waals surface area contributed by atoms with Crippen LogP contribution in [-0.4, -0.2) is 28.9 Å². The number of phenols is 2. The zero-order chi connectivity index (χ0) is 17.0. The summed E-state index contributed by atoms with van der Waals surface area (Å²) in [6, 6.07) is 11.2. The fourth-order valence-corrected chi connectivity index (χ4v) is 3.23. The van der Waals surface area contributed by atoms with E-state index in [9.17, 15) is 19.8 Å². The molecular formula is C19H12O5. The number of aromatic hydroxyl groups is 2. The third-order valence-electron chi connectivity index (χ3n) is 4.33. The number of carbonyl (C=O) groups excluding carboxylic acids is 2. The van der Waals surface area contributed by atoms with E-state index in [0.29, 0.717) is 10.8 Å². The molecule has 0 amide bonds. The second kappa shape index (κ2) is 4.83. The first-order valence-electron chi connectivity index (χ1n) is 7.29. The lowest BCUT2D eigenvalue weighted by molar-refractivity contribution is 0.0972. The van der Waals surface area contributed by atoms with Gasteiger partial charge in [-0.25, -0.2) is 0 Å². The average molecular weight is 320 g/mol. The fraction of sp³-hybridized carbons (Fsp3) is 0.0526. The predicted octanol–water partition coefficient (Wildman–Crippen LogP) is 3.04. The minimum absolute atomic E-state index is 0.0995. The highest BCUT2D eigenvalue weighted by molar-refractivity contribution is 6.33. The summed E-state index contributed by atoms with van der Waals surface area (Å²) in [6.45, 7) is 0. The van der Waals surface area contributed by atoms with Crippen LogP contribution in [0.3, 0.4) is 0 Å². The molecule has 118 valence electrons. The molecule has 0 saturated heterocycles. The van der Waals surface area contributed by atoms with Crippen molar-refractivity contribution in [2.45, 2.75) is 0 Å². The van der Waals surface area contributed by atoms with Crippen LogP contribution in [0, 0.1) is 0 Å². The summed E-state index contributed by atoms with van der Waals surface area (Å²) >= 11 is 0. The molecule has 4 rings (SSSR count). The quantitative estimate of drug-likeness (QED) is 0.527. The van der Waals surface area contributed by atoms with Gasteiger partial charge in [-0.15, -0.1) is 0 Å². The number of ether oxygens (including phenoxy) is 1. The molecule has 5 heteroatoms. The number of benzene rings is 3. The smallest absolute Gasteiger partial charge is 0.202 e. The third-order valence-corrected chi connectivity index (χ3v) is 4.33. The molecule has 0 aliphatic heterocycles. The molecule has 0 unspecified atom stereocenters. The molecular weight excluding hydrogens is 308 g/mol. The number of carbonyl (C=O) groups is 2. The van der Waals surface area contributed by atoms with Gasteiger partial charge in [-0.05, 0) is 6.07 Å². The molecule has 0 atom stereocenters. The van der Waals surface area contributed by atoms with E-state index >= 15 is 0 Å².